The molecule has 3 aromatic rings. The molecule has 0 radical (unpaired) electrons. The minimum absolute atomic E-state index is 0.0454. The van der Waals surface area contributed by atoms with Gasteiger partial charge in [0.2, 0.25) is 5.91 Å². The van der Waals surface area contributed by atoms with Gasteiger partial charge in [0.15, 0.2) is 0 Å². The van der Waals surface area contributed by atoms with E-state index in [2.05, 4.69) is 34.3 Å². The smallest absolute Gasteiger partial charge is 0.230 e. The molecule has 1 heterocycles. The Kier molecular flexibility index (Phi) is 7.51. The van der Waals surface area contributed by atoms with Gasteiger partial charge < -0.3 is 15.0 Å². The monoisotopic (exact) mass is 397 g/mol. The zero-order chi connectivity index (χ0) is 19.8. The molecule has 2 unspecified atom stereocenters. The number of aromatic nitrogens is 2. The van der Waals surface area contributed by atoms with Crippen LogP contribution in [0.2, 0.25) is 0 Å². The van der Waals surface area contributed by atoms with Crippen LogP contribution in [0.25, 0.3) is 11.0 Å². The van der Waals surface area contributed by atoms with Gasteiger partial charge in [0.25, 0.3) is 0 Å². The average Bonchev–Trinajstić information content (AvgIpc) is 3.16. The largest absolute Gasteiger partial charge is 0.374 e. The Morgan fingerprint density at radius 1 is 1.14 bits per heavy atom. The number of amides is 1. The van der Waals surface area contributed by atoms with Crippen LogP contribution < -0.4 is 5.32 Å². The lowest BCUT2D eigenvalue weighted by atomic mass is 10.1. The van der Waals surface area contributed by atoms with E-state index >= 15 is 0 Å². The van der Waals surface area contributed by atoms with E-state index in [4.69, 9.17) is 4.74 Å². The van der Waals surface area contributed by atoms with Crippen LogP contribution in [0.4, 0.5) is 0 Å². The molecule has 0 spiro atoms. The Morgan fingerprint density at radius 2 is 1.89 bits per heavy atom. The number of imidazole rings is 1. The molecule has 1 aromatic heterocycles. The third kappa shape index (κ3) is 5.84. The zero-order valence-electron chi connectivity index (χ0n) is 16.4. The molecule has 5 nitrogen and oxygen atoms in total. The maximum atomic E-state index is 12.1. The summed E-state index contributed by atoms with van der Waals surface area (Å²) in [7, 11) is 0. The molecule has 3 rings (SSSR count). The van der Waals surface area contributed by atoms with Gasteiger partial charge >= 0.3 is 0 Å². The molecule has 2 N–H and O–H groups in total. The molecule has 2 aromatic carbocycles. The van der Waals surface area contributed by atoms with Crippen molar-refractivity contribution in [1.29, 1.82) is 0 Å². The third-order valence-electron chi connectivity index (χ3n) is 4.54. The van der Waals surface area contributed by atoms with E-state index in [-0.39, 0.29) is 17.3 Å². The second-order valence-electron chi connectivity index (χ2n) is 6.72. The number of aromatic amines is 1. The van der Waals surface area contributed by atoms with Crippen molar-refractivity contribution in [2.75, 3.05) is 18.9 Å². The summed E-state index contributed by atoms with van der Waals surface area (Å²) in [6.07, 6.45) is 0.865. The molecule has 0 aliphatic heterocycles. The number of carbonyl (C=O) groups is 1. The standard InChI is InChI=1S/C22H27N3O2S/c1-16(18-9-4-3-5-10-18)27-14-8-13-23-21(26)15-28-17(2)22-24-19-11-6-7-12-20(19)25-22/h3-7,9-12,16-17H,8,13-15H2,1-2H3,(H,23,26)(H,24,25). The topological polar surface area (TPSA) is 67.0 Å². The predicted octanol–water partition coefficient (Wildman–Crippen LogP) is 4.64. The Morgan fingerprint density at radius 3 is 2.68 bits per heavy atom. The van der Waals surface area contributed by atoms with Crippen molar-refractivity contribution in [3.63, 3.8) is 0 Å². The van der Waals surface area contributed by atoms with Crippen molar-refractivity contribution in [2.45, 2.75) is 31.6 Å². The number of para-hydroxylation sites is 2. The van der Waals surface area contributed by atoms with Gasteiger partial charge in [-0.25, -0.2) is 4.98 Å². The molecule has 148 valence electrons. The van der Waals surface area contributed by atoms with Crippen LogP contribution in [0.3, 0.4) is 0 Å². The molecule has 0 aliphatic carbocycles. The minimum Gasteiger partial charge on any atom is -0.374 e. The number of nitrogens with one attached hydrogen (secondary N) is 2. The highest BCUT2D eigenvalue weighted by atomic mass is 32.2. The average molecular weight is 398 g/mol. The number of carbonyl (C=O) groups excluding carboxylic acids is 1. The summed E-state index contributed by atoms with van der Waals surface area (Å²) < 4.78 is 5.83. The maximum absolute atomic E-state index is 12.1. The first-order chi connectivity index (χ1) is 13.6. The third-order valence-corrected chi connectivity index (χ3v) is 5.69. The van der Waals surface area contributed by atoms with Gasteiger partial charge in [0, 0.05) is 13.2 Å². The van der Waals surface area contributed by atoms with Gasteiger partial charge in [-0.1, -0.05) is 42.5 Å². The molecule has 0 aliphatic rings. The van der Waals surface area contributed by atoms with E-state index < -0.39 is 0 Å². The lowest BCUT2D eigenvalue weighted by Gasteiger charge is -2.13. The van der Waals surface area contributed by atoms with Crippen LogP contribution in [0.15, 0.2) is 54.6 Å². The number of H-pyrrole nitrogens is 1. The summed E-state index contributed by atoms with van der Waals surface area (Å²) in [5, 5.41) is 3.09. The summed E-state index contributed by atoms with van der Waals surface area (Å²) in [5.74, 6) is 1.37. The van der Waals surface area contributed by atoms with Crippen molar-refractivity contribution in [1.82, 2.24) is 15.3 Å². The van der Waals surface area contributed by atoms with Crippen LogP contribution in [0, 0.1) is 0 Å². The normalized spacial score (nSPS) is 13.4. The number of hydrogen-bond acceptors (Lipinski definition) is 4. The molecule has 0 fully saturated rings. The molecule has 0 saturated heterocycles. The molecule has 0 bridgehead atoms. The fraction of sp³-hybridized carbons (Fsp3) is 0.364. The minimum atomic E-state index is 0.0454. The Balaban J connectivity index is 1.31. The highest BCUT2D eigenvalue weighted by molar-refractivity contribution is 8.00. The molecular weight excluding hydrogens is 370 g/mol. The molecule has 0 saturated carbocycles. The second kappa shape index (κ2) is 10.3. The fourth-order valence-electron chi connectivity index (χ4n) is 2.88. The van der Waals surface area contributed by atoms with Crippen LogP contribution in [0.1, 0.15) is 43.0 Å². The number of nitrogens with zero attached hydrogens (tertiary/aromatic N) is 1. The lowest BCUT2D eigenvalue weighted by molar-refractivity contribution is -0.118. The SMILES string of the molecule is CC(OCCCNC(=O)CSC(C)c1nc2ccccc2[nH]1)c1ccccc1. The van der Waals surface area contributed by atoms with Crippen molar-refractivity contribution in [3.05, 3.63) is 66.0 Å². The molecule has 2 atom stereocenters. The van der Waals surface area contributed by atoms with Crippen molar-refractivity contribution in [2.24, 2.45) is 0 Å². The van der Waals surface area contributed by atoms with Gasteiger partial charge in [-0.15, -0.1) is 11.8 Å². The zero-order valence-corrected chi connectivity index (χ0v) is 17.2. The summed E-state index contributed by atoms with van der Waals surface area (Å²) >= 11 is 1.58. The van der Waals surface area contributed by atoms with Crippen molar-refractivity contribution < 1.29 is 9.53 Å². The summed E-state index contributed by atoms with van der Waals surface area (Å²) in [5.41, 5.74) is 3.15. The van der Waals surface area contributed by atoms with Crippen LogP contribution in [0.5, 0.6) is 0 Å². The predicted molar refractivity (Wildman–Crippen MR) is 115 cm³/mol. The molecule has 6 heteroatoms. The first kappa shape index (κ1) is 20.4. The van der Waals surface area contributed by atoms with Gasteiger partial charge in [-0.3, -0.25) is 4.79 Å². The van der Waals surface area contributed by atoms with Gasteiger partial charge in [-0.2, -0.15) is 0 Å². The van der Waals surface area contributed by atoms with E-state index in [1.165, 1.54) is 5.56 Å². The Labute approximate surface area is 170 Å². The summed E-state index contributed by atoms with van der Waals surface area (Å²) in [6, 6.07) is 18.1. The number of thioether (sulfide) groups is 1. The molecule has 28 heavy (non-hydrogen) atoms. The first-order valence-corrected chi connectivity index (χ1v) is 10.7. The van der Waals surface area contributed by atoms with E-state index in [1.807, 2.05) is 49.4 Å². The first-order valence-electron chi connectivity index (χ1n) is 9.63. The summed E-state index contributed by atoms with van der Waals surface area (Å²) in [6.45, 7) is 5.36. The van der Waals surface area contributed by atoms with Crippen LogP contribution in [-0.4, -0.2) is 34.8 Å². The van der Waals surface area contributed by atoms with Gasteiger partial charge in [0.05, 0.1) is 28.1 Å². The van der Waals surface area contributed by atoms with E-state index in [0.29, 0.717) is 18.9 Å². The number of fused-ring (bicyclic) bond motifs is 1. The number of benzene rings is 2. The van der Waals surface area contributed by atoms with E-state index in [1.54, 1.807) is 11.8 Å². The van der Waals surface area contributed by atoms with Gasteiger partial charge in [0.1, 0.15) is 5.82 Å². The van der Waals surface area contributed by atoms with Crippen molar-refractivity contribution >= 4 is 28.7 Å². The van der Waals surface area contributed by atoms with E-state index in [0.717, 1.165) is 23.3 Å². The number of ether oxygens (including phenoxy) is 1. The van der Waals surface area contributed by atoms with Crippen LogP contribution >= 0.6 is 11.8 Å². The van der Waals surface area contributed by atoms with E-state index in [9.17, 15) is 4.79 Å². The fourth-order valence-corrected chi connectivity index (χ4v) is 3.65. The Hall–Kier alpha value is -2.31. The van der Waals surface area contributed by atoms with Crippen LogP contribution in [-0.2, 0) is 9.53 Å². The maximum Gasteiger partial charge on any atom is 0.230 e. The molecular formula is C22H27N3O2S. The quantitative estimate of drug-likeness (QED) is 0.489. The van der Waals surface area contributed by atoms with Gasteiger partial charge in [-0.05, 0) is 38.0 Å². The van der Waals surface area contributed by atoms with Crippen molar-refractivity contribution in [3.8, 4) is 0 Å². The lowest BCUT2D eigenvalue weighted by Crippen LogP contribution is -2.27. The Bertz CT molecular complexity index is 849. The highest BCUT2D eigenvalue weighted by Crippen LogP contribution is 2.27. The number of rotatable bonds is 10. The molecule has 1 amide bonds. The number of hydrogen-bond donors (Lipinski definition) is 2. The highest BCUT2D eigenvalue weighted by Gasteiger charge is 2.13. The second-order valence-corrected chi connectivity index (χ2v) is 8.05. The summed E-state index contributed by atoms with van der Waals surface area (Å²) in [4.78, 5) is 20.0.